The second-order valence-electron chi connectivity index (χ2n) is 3.32. The van der Waals surface area contributed by atoms with Crippen LogP contribution in [0.5, 0.6) is 0 Å². The lowest BCUT2D eigenvalue weighted by molar-refractivity contribution is -0.142. The predicted molar refractivity (Wildman–Crippen MR) is 68.8 cm³/mol. The van der Waals surface area contributed by atoms with Crippen LogP contribution in [0.25, 0.3) is 0 Å². The van der Waals surface area contributed by atoms with Crippen LogP contribution in [0, 0.1) is 11.3 Å². The van der Waals surface area contributed by atoms with Crippen LogP contribution in [-0.4, -0.2) is 12.6 Å². The lowest BCUT2D eigenvalue weighted by Crippen LogP contribution is -2.09. The molecular formula is C12H11BrClNO2. The topological polar surface area (TPSA) is 50.1 Å². The van der Waals surface area contributed by atoms with E-state index in [4.69, 9.17) is 21.6 Å². The minimum Gasteiger partial charge on any atom is -0.466 e. The van der Waals surface area contributed by atoms with Crippen molar-refractivity contribution in [3.63, 3.8) is 0 Å². The van der Waals surface area contributed by atoms with Crippen LogP contribution < -0.4 is 0 Å². The Bertz CT molecular complexity index is 468. The standard InChI is InChI=1S/C12H11BrClNO2/c1-2-17-12(16)5-8-3-10(13)4-9(7-15)11(8)6-14/h3-4H,2,5-6H2,1H3. The van der Waals surface area contributed by atoms with Crippen molar-refractivity contribution in [2.45, 2.75) is 19.2 Å². The Hall–Kier alpha value is -1.05. The molecule has 0 amide bonds. The molecule has 17 heavy (non-hydrogen) atoms. The molecule has 0 N–H and O–H groups in total. The fourth-order valence-electron chi connectivity index (χ4n) is 1.48. The summed E-state index contributed by atoms with van der Waals surface area (Å²) in [6.07, 6.45) is 0.129. The van der Waals surface area contributed by atoms with Gasteiger partial charge in [-0.1, -0.05) is 15.9 Å². The minimum atomic E-state index is -0.319. The van der Waals surface area contributed by atoms with Gasteiger partial charge in [-0.15, -0.1) is 11.6 Å². The number of carbonyl (C=O) groups excluding carboxylic acids is 1. The van der Waals surface area contributed by atoms with Crippen molar-refractivity contribution >= 4 is 33.5 Å². The van der Waals surface area contributed by atoms with Gasteiger partial charge in [0.15, 0.2) is 0 Å². The number of benzene rings is 1. The van der Waals surface area contributed by atoms with Crippen LogP contribution in [0.3, 0.4) is 0 Å². The van der Waals surface area contributed by atoms with Gasteiger partial charge in [0.25, 0.3) is 0 Å². The van der Waals surface area contributed by atoms with E-state index in [2.05, 4.69) is 22.0 Å². The number of hydrogen-bond acceptors (Lipinski definition) is 3. The largest absolute Gasteiger partial charge is 0.466 e. The van der Waals surface area contributed by atoms with E-state index >= 15 is 0 Å². The number of hydrogen-bond donors (Lipinski definition) is 0. The van der Waals surface area contributed by atoms with Crippen molar-refractivity contribution in [1.82, 2.24) is 0 Å². The number of nitrogens with zero attached hydrogens (tertiary/aromatic N) is 1. The lowest BCUT2D eigenvalue weighted by atomic mass is 10.0. The Morgan fingerprint density at radius 3 is 2.82 bits per heavy atom. The van der Waals surface area contributed by atoms with Crippen LogP contribution in [0.15, 0.2) is 16.6 Å². The molecule has 0 saturated heterocycles. The number of rotatable bonds is 4. The number of carbonyl (C=O) groups is 1. The van der Waals surface area contributed by atoms with Crippen molar-refractivity contribution in [3.05, 3.63) is 33.3 Å². The van der Waals surface area contributed by atoms with Crippen molar-refractivity contribution in [2.24, 2.45) is 0 Å². The molecule has 90 valence electrons. The van der Waals surface area contributed by atoms with Gasteiger partial charge < -0.3 is 4.74 Å². The number of ether oxygens (including phenoxy) is 1. The molecule has 0 atom stereocenters. The summed E-state index contributed by atoms with van der Waals surface area (Å²) in [6.45, 7) is 2.09. The van der Waals surface area contributed by atoms with Gasteiger partial charge in [-0.05, 0) is 30.2 Å². The summed E-state index contributed by atoms with van der Waals surface area (Å²) in [7, 11) is 0. The molecule has 0 radical (unpaired) electrons. The van der Waals surface area contributed by atoms with Crippen LogP contribution in [0.1, 0.15) is 23.6 Å². The number of alkyl halides is 1. The normalized spacial score (nSPS) is 9.76. The Morgan fingerprint density at radius 1 is 1.59 bits per heavy atom. The molecule has 1 aromatic carbocycles. The van der Waals surface area contributed by atoms with Crippen LogP contribution in [0.2, 0.25) is 0 Å². The first-order valence-corrected chi connectivity index (χ1v) is 6.38. The molecule has 0 unspecified atom stereocenters. The highest BCUT2D eigenvalue weighted by molar-refractivity contribution is 9.10. The fourth-order valence-corrected chi connectivity index (χ4v) is 2.30. The molecule has 0 heterocycles. The van der Waals surface area contributed by atoms with E-state index < -0.39 is 0 Å². The average Bonchev–Trinajstić information content (AvgIpc) is 2.28. The minimum absolute atomic E-state index is 0.129. The molecule has 0 bridgehead atoms. The van der Waals surface area contributed by atoms with Gasteiger partial charge >= 0.3 is 5.97 Å². The molecule has 5 heteroatoms. The average molecular weight is 317 g/mol. The predicted octanol–water partition coefficient (Wildman–Crippen LogP) is 3.17. The van der Waals surface area contributed by atoms with Gasteiger partial charge in [0, 0.05) is 10.4 Å². The van der Waals surface area contributed by atoms with Crippen molar-refractivity contribution < 1.29 is 9.53 Å². The highest BCUT2D eigenvalue weighted by atomic mass is 79.9. The maximum atomic E-state index is 11.4. The first-order chi connectivity index (χ1) is 8.12. The third-order valence-electron chi connectivity index (χ3n) is 2.20. The zero-order valence-corrected chi connectivity index (χ0v) is 11.6. The van der Waals surface area contributed by atoms with Gasteiger partial charge in [-0.2, -0.15) is 5.26 Å². The first kappa shape index (κ1) is 14.0. The van der Waals surface area contributed by atoms with E-state index in [0.717, 1.165) is 10.0 Å². The number of esters is 1. The molecule has 0 aromatic heterocycles. The van der Waals surface area contributed by atoms with E-state index in [1.54, 1.807) is 19.1 Å². The van der Waals surface area contributed by atoms with E-state index in [1.807, 2.05) is 0 Å². The maximum absolute atomic E-state index is 11.4. The summed E-state index contributed by atoms with van der Waals surface area (Å²) in [6, 6.07) is 5.54. The molecule has 0 aliphatic carbocycles. The summed E-state index contributed by atoms with van der Waals surface area (Å²) in [5.74, 6) is -0.119. The van der Waals surface area contributed by atoms with Gasteiger partial charge in [-0.3, -0.25) is 4.79 Å². The Kier molecular flexibility index (Phi) is 5.46. The van der Waals surface area contributed by atoms with Crippen LogP contribution >= 0.6 is 27.5 Å². The maximum Gasteiger partial charge on any atom is 0.310 e. The van der Waals surface area contributed by atoms with Crippen LogP contribution in [0.4, 0.5) is 0 Å². The molecule has 0 aliphatic heterocycles. The number of nitriles is 1. The summed E-state index contributed by atoms with van der Waals surface area (Å²) in [4.78, 5) is 11.4. The monoisotopic (exact) mass is 315 g/mol. The van der Waals surface area contributed by atoms with Gasteiger partial charge in [0.2, 0.25) is 0 Å². The summed E-state index contributed by atoms with van der Waals surface area (Å²) in [5.41, 5.74) is 1.89. The second kappa shape index (κ2) is 6.63. The van der Waals surface area contributed by atoms with E-state index in [0.29, 0.717) is 17.7 Å². The van der Waals surface area contributed by atoms with E-state index in [1.165, 1.54) is 0 Å². The molecule has 0 fully saturated rings. The third kappa shape index (κ3) is 3.72. The fraction of sp³-hybridized carbons (Fsp3) is 0.333. The van der Waals surface area contributed by atoms with Crippen molar-refractivity contribution in [1.29, 1.82) is 5.26 Å². The Morgan fingerprint density at radius 2 is 2.29 bits per heavy atom. The summed E-state index contributed by atoms with van der Waals surface area (Å²) < 4.78 is 5.63. The van der Waals surface area contributed by atoms with Crippen molar-refractivity contribution in [3.8, 4) is 6.07 Å². The second-order valence-corrected chi connectivity index (χ2v) is 4.50. The van der Waals surface area contributed by atoms with Gasteiger partial charge in [0.05, 0.1) is 24.7 Å². The first-order valence-electron chi connectivity index (χ1n) is 5.05. The van der Waals surface area contributed by atoms with Crippen molar-refractivity contribution in [2.75, 3.05) is 6.61 Å². The summed E-state index contributed by atoms with van der Waals surface area (Å²) >= 11 is 9.11. The highest BCUT2D eigenvalue weighted by Gasteiger charge is 2.13. The molecule has 1 aromatic rings. The molecule has 0 aliphatic rings. The molecular weight excluding hydrogens is 305 g/mol. The zero-order chi connectivity index (χ0) is 12.8. The SMILES string of the molecule is CCOC(=O)Cc1cc(Br)cc(C#N)c1CCl. The van der Waals surface area contributed by atoms with Gasteiger partial charge in [-0.25, -0.2) is 0 Å². The Balaban J connectivity index is 3.10. The van der Waals surface area contributed by atoms with Gasteiger partial charge in [0.1, 0.15) is 0 Å². The molecule has 0 spiro atoms. The molecule has 3 nitrogen and oxygen atoms in total. The highest BCUT2D eigenvalue weighted by Crippen LogP contribution is 2.23. The molecule has 1 rings (SSSR count). The molecule has 0 saturated carbocycles. The third-order valence-corrected chi connectivity index (χ3v) is 2.93. The number of halogens is 2. The van der Waals surface area contributed by atoms with E-state index in [9.17, 15) is 4.79 Å². The zero-order valence-electron chi connectivity index (χ0n) is 9.30. The van der Waals surface area contributed by atoms with E-state index in [-0.39, 0.29) is 18.3 Å². The van der Waals surface area contributed by atoms with Crippen LogP contribution in [-0.2, 0) is 21.8 Å². The quantitative estimate of drug-likeness (QED) is 0.633. The lowest BCUT2D eigenvalue weighted by Gasteiger charge is -2.09. The Labute approximate surface area is 113 Å². The summed E-state index contributed by atoms with van der Waals surface area (Å²) in [5, 5.41) is 8.99. The smallest absolute Gasteiger partial charge is 0.310 e.